The molecule has 1 rings (SSSR count). The van der Waals surface area contributed by atoms with Gasteiger partial charge >= 0.3 is 23.9 Å². The van der Waals surface area contributed by atoms with Crippen LogP contribution in [0.25, 0.3) is 0 Å². The highest BCUT2D eigenvalue weighted by Gasteiger charge is 2.47. The van der Waals surface area contributed by atoms with Crippen LogP contribution in [-0.2, 0) is 38.1 Å². The molecule has 0 spiro atoms. The number of carbonyl (C=O) groups excluding carboxylic acids is 4. The summed E-state index contributed by atoms with van der Waals surface area (Å²) in [5, 5.41) is 0. The molecular weight excluding hydrogens is 452 g/mol. The molecule has 0 radical (unpaired) electrons. The summed E-state index contributed by atoms with van der Waals surface area (Å²) >= 11 is 0. The standard InChI is InChI=1S/C27H32O8/c1-17(2)23(28)32-14-27(15-33-24(29)18(3)4,16-34-25(30)19(5)6)22(35-26(31)20(7)8)21-12-10-9-11-13-21/h9-13,22H,1,3,5,7,14-16H2,2,4,6,8H3. The molecule has 0 aliphatic heterocycles. The van der Waals surface area contributed by atoms with Gasteiger partial charge in [-0.15, -0.1) is 0 Å². The fourth-order valence-corrected chi connectivity index (χ4v) is 2.73. The number of rotatable bonds is 13. The fourth-order valence-electron chi connectivity index (χ4n) is 2.73. The summed E-state index contributed by atoms with van der Waals surface area (Å²) < 4.78 is 22.0. The monoisotopic (exact) mass is 484 g/mol. The first-order chi connectivity index (χ1) is 16.3. The van der Waals surface area contributed by atoms with Gasteiger partial charge in [0.25, 0.3) is 0 Å². The van der Waals surface area contributed by atoms with Gasteiger partial charge in [0.2, 0.25) is 0 Å². The van der Waals surface area contributed by atoms with Gasteiger partial charge < -0.3 is 18.9 Å². The second-order valence-corrected chi connectivity index (χ2v) is 8.41. The second kappa shape index (κ2) is 13.1. The summed E-state index contributed by atoms with van der Waals surface area (Å²) in [6.45, 7) is 18.8. The molecule has 0 bridgehead atoms. The number of hydrogen-bond acceptors (Lipinski definition) is 8. The Bertz CT molecular complexity index is 945. The van der Waals surface area contributed by atoms with Crippen LogP contribution in [0.1, 0.15) is 39.4 Å². The Kier molecular flexibility index (Phi) is 10.9. The maximum absolute atomic E-state index is 12.6. The van der Waals surface area contributed by atoms with Gasteiger partial charge in [0.1, 0.15) is 31.3 Å². The van der Waals surface area contributed by atoms with Crippen molar-refractivity contribution in [3.05, 3.63) is 84.5 Å². The van der Waals surface area contributed by atoms with Crippen LogP contribution in [0.15, 0.2) is 78.9 Å². The minimum absolute atomic E-state index is 0.108. The van der Waals surface area contributed by atoms with Crippen LogP contribution in [0.4, 0.5) is 0 Å². The molecule has 0 aliphatic carbocycles. The Morgan fingerprint density at radius 3 is 1.31 bits per heavy atom. The lowest BCUT2D eigenvalue weighted by Crippen LogP contribution is -2.46. The quantitative estimate of drug-likeness (QED) is 0.233. The van der Waals surface area contributed by atoms with Gasteiger partial charge in [-0.05, 0) is 33.3 Å². The van der Waals surface area contributed by atoms with Crippen molar-refractivity contribution in [2.24, 2.45) is 5.41 Å². The zero-order chi connectivity index (χ0) is 26.8. The summed E-state index contributed by atoms with van der Waals surface area (Å²) in [6.07, 6.45) is -1.18. The van der Waals surface area contributed by atoms with Crippen LogP contribution in [0.5, 0.6) is 0 Å². The van der Waals surface area contributed by atoms with Gasteiger partial charge in [-0.2, -0.15) is 0 Å². The van der Waals surface area contributed by atoms with E-state index in [0.29, 0.717) is 5.56 Å². The lowest BCUT2D eigenvalue weighted by atomic mass is 9.80. The normalized spacial score (nSPS) is 11.4. The third kappa shape index (κ3) is 8.73. The van der Waals surface area contributed by atoms with Crippen molar-refractivity contribution in [2.45, 2.75) is 33.8 Å². The highest BCUT2D eigenvalue weighted by Crippen LogP contribution is 2.40. The molecule has 1 aromatic rings. The molecule has 0 saturated carbocycles. The lowest BCUT2D eigenvalue weighted by molar-refractivity contribution is -0.179. The number of ether oxygens (including phenoxy) is 4. The smallest absolute Gasteiger partial charge is 0.333 e. The van der Waals surface area contributed by atoms with E-state index in [1.807, 2.05) is 0 Å². The van der Waals surface area contributed by atoms with Gasteiger partial charge in [-0.3, -0.25) is 0 Å². The van der Waals surface area contributed by atoms with E-state index in [1.54, 1.807) is 30.3 Å². The summed E-state index contributed by atoms with van der Waals surface area (Å²) in [7, 11) is 0. The Hall–Kier alpha value is -3.94. The Morgan fingerprint density at radius 1 is 0.657 bits per heavy atom. The van der Waals surface area contributed by atoms with Crippen LogP contribution in [0, 0.1) is 5.41 Å². The van der Waals surface area contributed by atoms with E-state index in [9.17, 15) is 19.2 Å². The molecule has 188 valence electrons. The number of benzene rings is 1. The largest absolute Gasteiger partial charge is 0.461 e. The third-order valence-corrected chi connectivity index (χ3v) is 4.75. The van der Waals surface area contributed by atoms with Crippen LogP contribution in [0.3, 0.4) is 0 Å². The first-order valence-electron chi connectivity index (χ1n) is 10.7. The van der Waals surface area contributed by atoms with E-state index >= 15 is 0 Å². The van der Waals surface area contributed by atoms with Crippen LogP contribution < -0.4 is 0 Å². The van der Waals surface area contributed by atoms with Crippen molar-refractivity contribution in [1.82, 2.24) is 0 Å². The average molecular weight is 485 g/mol. The zero-order valence-corrected chi connectivity index (χ0v) is 20.7. The van der Waals surface area contributed by atoms with Gasteiger partial charge in [0.05, 0.1) is 0 Å². The van der Waals surface area contributed by atoms with Crippen LogP contribution in [-0.4, -0.2) is 43.7 Å². The van der Waals surface area contributed by atoms with Gasteiger partial charge in [0.15, 0.2) is 0 Å². The molecule has 8 heteroatoms. The molecule has 0 N–H and O–H groups in total. The first-order valence-corrected chi connectivity index (χ1v) is 10.7. The van der Waals surface area contributed by atoms with Crippen LogP contribution in [0.2, 0.25) is 0 Å². The van der Waals surface area contributed by atoms with Gasteiger partial charge in [-0.1, -0.05) is 56.6 Å². The molecule has 0 fully saturated rings. The second-order valence-electron chi connectivity index (χ2n) is 8.41. The van der Waals surface area contributed by atoms with Crippen molar-refractivity contribution in [3.8, 4) is 0 Å². The molecule has 1 atom stereocenters. The summed E-state index contributed by atoms with van der Waals surface area (Å²) in [5.74, 6) is -2.94. The van der Waals surface area contributed by atoms with E-state index in [0.717, 1.165) is 0 Å². The molecule has 8 nitrogen and oxygen atoms in total. The molecule has 0 aromatic heterocycles. The summed E-state index contributed by atoms with van der Waals surface area (Å²) in [5.41, 5.74) is -0.609. The van der Waals surface area contributed by atoms with Crippen LogP contribution >= 0.6 is 0 Å². The highest BCUT2D eigenvalue weighted by molar-refractivity contribution is 5.88. The number of esters is 4. The van der Waals surface area contributed by atoms with E-state index in [-0.39, 0.29) is 22.3 Å². The van der Waals surface area contributed by atoms with Gasteiger partial charge in [-0.25, -0.2) is 19.2 Å². The summed E-state index contributed by atoms with van der Waals surface area (Å²) in [4.78, 5) is 49.5. The van der Waals surface area contributed by atoms with Crippen molar-refractivity contribution >= 4 is 23.9 Å². The molecule has 1 aromatic carbocycles. The van der Waals surface area contributed by atoms with E-state index in [2.05, 4.69) is 26.3 Å². The molecule has 0 aliphatic rings. The van der Waals surface area contributed by atoms with E-state index in [4.69, 9.17) is 18.9 Å². The predicted octanol–water partition coefficient (Wildman–Crippen LogP) is 4.19. The highest BCUT2D eigenvalue weighted by atomic mass is 16.6. The Balaban J connectivity index is 3.67. The zero-order valence-electron chi connectivity index (χ0n) is 20.7. The first kappa shape index (κ1) is 29.1. The molecule has 0 amide bonds. The average Bonchev–Trinajstić information content (AvgIpc) is 2.81. The molecule has 1 unspecified atom stereocenters. The van der Waals surface area contributed by atoms with Crippen molar-refractivity contribution in [1.29, 1.82) is 0 Å². The molecule has 0 heterocycles. The third-order valence-electron chi connectivity index (χ3n) is 4.75. The summed E-state index contributed by atoms with van der Waals surface area (Å²) in [6, 6.07) is 8.52. The topological polar surface area (TPSA) is 105 Å². The number of hydrogen-bond donors (Lipinski definition) is 0. The van der Waals surface area contributed by atoms with E-state index < -0.39 is 55.2 Å². The molecular formula is C27H32O8. The van der Waals surface area contributed by atoms with Crippen molar-refractivity contribution in [2.75, 3.05) is 19.8 Å². The van der Waals surface area contributed by atoms with Crippen molar-refractivity contribution < 1.29 is 38.1 Å². The molecule has 0 saturated heterocycles. The van der Waals surface area contributed by atoms with Gasteiger partial charge in [0, 0.05) is 22.3 Å². The SMILES string of the molecule is C=C(C)C(=O)OCC(COC(=O)C(=C)C)(COC(=O)C(=C)C)C(OC(=O)C(=C)C)c1ccccc1. The number of carbonyl (C=O) groups is 4. The predicted molar refractivity (Wildman–Crippen MR) is 130 cm³/mol. The maximum Gasteiger partial charge on any atom is 0.333 e. The Morgan fingerprint density at radius 2 is 1.00 bits per heavy atom. The lowest BCUT2D eigenvalue weighted by Gasteiger charge is -2.38. The Labute approximate surface area is 205 Å². The minimum atomic E-state index is -1.55. The fraction of sp³-hybridized carbons (Fsp3) is 0.333. The molecule has 35 heavy (non-hydrogen) atoms. The van der Waals surface area contributed by atoms with Crippen molar-refractivity contribution in [3.63, 3.8) is 0 Å². The van der Waals surface area contributed by atoms with E-state index in [1.165, 1.54) is 27.7 Å². The minimum Gasteiger partial charge on any atom is -0.461 e. The maximum atomic E-state index is 12.6.